The minimum Gasteiger partial charge on any atom is -0.478 e. The number of alkyl halides is 1. The van der Waals surface area contributed by atoms with E-state index < -0.39 is 64.8 Å². The number of hydrogen-bond acceptors (Lipinski definition) is 8. The molecule has 3 aromatic heterocycles. The van der Waals surface area contributed by atoms with Gasteiger partial charge in [-0.05, 0) is 49.2 Å². The van der Waals surface area contributed by atoms with Gasteiger partial charge in [-0.3, -0.25) is 4.39 Å². The molecule has 1 N–H and O–H groups in total. The van der Waals surface area contributed by atoms with Gasteiger partial charge in [-0.1, -0.05) is 16.4 Å². The third-order valence-corrected chi connectivity index (χ3v) is 8.30. The second-order valence-corrected chi connectivity index (χ2v) is 11.4. The molecule has 1 fully saturated rings. The van der Waals surface area contributed by atoms with E-state index in [9.17, 15) is 18.7 Å². The van der Waals surface area contributed by atoms with Crippen molar-refractivity contribution < 1.29 is 41.3 Å². The van der Waals surface area contributed by atoms with E-state index in [-0.39, 0.29) is 35.4 Å². The lowest BCUT2D eigenvalue weighted by Gasteiger charge is -2.16. The van der Waals surface area contributed by atoms with Crippen LogP contribution in [0.1, 0.15) is 39.6 Å². The second kappa shape index (κ2) is 11.4. The lowest BCUT2D eigenvalue weighted by molar-refractivity contribution is 0.0697. The highest BCUT2D eigenvalue weighted by Crippen LogP contribution is 2.48. The van der Waals surface area contributed by atoms with Crippen molar-refractivity contribution in [3.63, 3.8) is 0 Å². The molecule has 15 heteroatoms. The summed E-state index contributed by atoms with van der Waals surface area (Å²) in [7, 11) is 1.40. The molecule has 0 bridgehead atoms. The molecule has 0 radical (unpaired) electrons. The number of nitrogens with zero attached hydrogens (tertiary/aromatic N) is 5. The highest BCUT2D eigenvalue weighted by Gasteiger charge is 2.44. The molecule has 3 heterocycles. The Bertz CT molecular complexity index is 1910. The SMILES string of the molecule is COc1nnc(COc2nc(-c3cc(F)c(Cc4nc5ccc(C(=O)O)cc5n4CC4(CF)CC4)c(F)c3F)ccc2F)s1. The van der Waals surface area contributed by atoms with Crippen molar-refractivity contribution in [2.45, 2.75) is 32.4 Å². The first-order valence-electron chi connectivity index (χ1n) is 13.2. The normalized spacial score (nSPS) is 13.8. The van der Waals surface area contributed by atoms with Gasteiger partial charge in [0.05, 0.1) is 36.1 Å². The van der Waals surface area contributed by atoms with Crippen molar-refractivity contribution in [2.24, 2.45) is 5.41 Å². The number of pyridine rings is 1. The molecule has 0 unspecified atom stereocenters. The van der Waals surface area contributed by atoms with Crippen molar-refractivity contribution in [3.05, 3.63) is 81.6 Å². The molecule has 0 aliphatic heterocycles. The summed E-state index contributed by atoms with van der Waals surface area (Å²) in [4.78, 5) is 19.9. The zero-order valence-corrected chi connectivity index (χ0v) is 23.7. The van der Waals surface area contributed by atoms with E-state index in [0.717, 1.165) is 29.5 Å². The van der Waals surface area contributed by atoms with Crippen molar-refractivity contribution in [1.82, 2.24) is 24.7 Å². The fourth-order valence-electron chi connectivity index (χ4n) is 4.79. The Morgan fingerprint density at radius 2 is 1.84 bits per heavy atom. The van der Waals surface area contributed by atoms with Crippen LogP contribution < -0.4 is 9.47 Å². The number of ether oxygens (including phenoxy) is 2. The van der Waals surface area contributed by atoms with Gasteiger partial charge < -0.3 is 19.1 Å². The molecule has 0 spiro atoms. The van der Waals surface area contributed by atoms with Gasteiger partial charge in [0, 0.05) is 29.5 Å². The van der Waals surface area contributed by atoms with Gasteiger partial charge in [-0.15, -0.1) is 5.10 Å². The predicted molar refractivity (Wildman–Crippen MR) is 147 cm³/mol. The van der Waals surface area contributed by atoms with Crippen LogP contribution in [0.15, 0.2) is 36.4 Å². The summed E-state index contributed by atoms with van der Waals surface area (Å²) in [6.45, 7) is -0.770. The van der Waals surface area contributed by atoms with E-state index in [1.807, 2.05) is 0 Å². The highest BCUT2D eigenvalue weighted by atomic mass is 32.1. The average molecular weight is 632 g/mol. The van der Waals surface area contributed by atoms with Crippen LogP contribution in [0.2, 0.25) is 0 Å². The number of carboxylic acids is 1. The summed E-state index contributed by atoms with van der Waals surface area (Å²) in [5.74, 6) is -6.58. The maximum absolute atomic E-state index is 15.5. The molecule has 0 saturated heterocycles. The molecule has 5 aromatic rings. The number of methoxy groups -OCH3 is 1. The van der Waals surface area contributed by atoms with Gasteiger partial charge in [0.25, 0.3) is 11.1 Å². The summed E-state index contributed by atoms with van der Waals surface area (Å²) in [5.41, 5.74) is -1.54. The van der Waals surface area contributed by atoms with E-state index in [1.165, 1.54) is 29.9 Å². The van der Waals surface area contributed by atoms with E-state index in [1.54, 1.807) is 0 Å². The van der Waals surface area contributed by atoms with Crippen molar-refractivity contribution in [3.8, 4) is 22.3 Å². The number of fused-ring (bicyclic) bond motifs is 1. The first-order chi connectivity index (χ1) is 21.1. The van der Waals surface area contributed by atoms with Gasteiger partial charge in [0.1, 0.15) is 18.2 Å². The van der Waals surface area contributed by atoms with Gasteiger partial charge >= 0.3 is 5.97 Å². The van der Waals surface area contributed by atoms with E-state index in [0.29, 0.717) is 28.9 Å². The first-order valence-corrected chi connectivity index (χ1v) is 14.0. The van der Waals surface area contributed by atoms with E-state index >= 15 is 13.2 Å². The fraction of sp³-hybridized carbons (Fsp3) is 0.276. The quantitative estimate of drug-likeness (QED) is 0.137. The van der Waals surface area contributed by atoms with E-state index in [2.05, 4.69) is 20.2 Å². The monoisotopic (exact) mass is 631 g/mol. The van der Waals surface area contributed by atoms with Crippen LogP contribution in [-0.2, 0) is 19.6 Å². The van der Waals surface area contributed by atoms with Crippen molar-refractivity contribution in [2.75, 3.05) is 13.8 Å². The third-order valence-electron chi connectivity index (χ3n) is 7.44. The standard InChI is InChI=1S/C29H22F5N5O4S/c1-42-28-38-37-23(44-28)11-43-26-17(31)3-5-19(36-26)16-9-18(32)15(24(33)25(16)34)10-22-35-20-4-2-14(27(40)41)8-21(20)39(22)13-29(12-30)6-7-29/h2-5,8-9H,6-7,10-13H2,1H3,(H,40,41). The maximum Gasteiger partial charge on any atom is 0.335 e. The molecular formula is C29H22F5N5O4S. The number of hydrogen-bond donors (Lipinski definition) is 1. The van der Waals surface area contributed by atoms with Crippen LogP contribution in [0.25, 0.3) is 22.3 Å². The topological polar surface area (TPSA) is 112 Å². The number of halogens is 5. The van der Waals surface area contributed by atoms with Crippen LogP contribution in [0.5, 0.6) is 11.1 Å². The number of aromatic carboxylic acids is 1. The lowest BCUT2D eigenvalue weighted by Crippen LogP contribution is -2.17. The number of aromatic nitrogens is 5. The van der Waals surface area contributed by atoms with Crippen molar-refractivity contribution >= 4 is 28.3 Å². The number of rotatable bonds is 11. The van der Waals surface area contributed by atoms with Gasteiger partial charge in [-0.25, -0.2) is 32.3 Å². The molecule has 1 aliphatic rings. The van der Waals surface area contributed by atoms with Crippen LogP contribution in [-0.4, -0.2) is 49.6 Å². The van der Waals surface area contributed by atoms with Crippen LogP contribution >= 0.6 is 11.3 Å². The first kappa shape index (κ1) is 29.4. The zero-order valence-electron chi connectivity index (χ0n) is 22.9. The molecule has 6 rings (SSSR count). The summed E-state index contributed by atoms with van der Waals surface area (Å²) < 4.78 is 86.5. The molecule has 0 atom stereocenters. The summed E-state index contributed by atoms with van der Waals surface area (Å²) in [6, 6.07) is 6.87. The van der Waals surface area contributed by atoms with E-state index in [4.69, 9.17) is 9.47 Å². The Kier molecular flexibility index (Phi) is 7.65. The average Bonchev–Trinajstić information content (AvgIpc) is 3.50. The Balaban J connectivity index is 1.33. The third kappa shape index (κ3) is 5.54. The summed E-state index contributed by atoms with van der Waals surface area (Å²) in [5, 5.41) is 17.6. The summed E-state index contributed by atoms with van der Waals surface area (Å²) in [6.07, 6.45) is 0.655. The van der Waals surface area contributed by atoms with Crippen LogP contribution in [0, 0.1) is 28.7 Å². The van der Waals surface area contributed by atoms with Crippen molar-refractivity contribution in [1.29, 1.82) is 0 Å². The number of benzene rings is 2. The molecule has 0 amide bonds. The molecular weight excluding hydrogens is 609 g/mol. The van der Waals surface area contributed by atoms with Crippen LogP contribution in [0.3, 0.4) is 0 Å². The van der Waals surface area contributed by atoms with Crippen LogP contribution in [0.4, 0.5) is 22.0 Å². The maximum atomic E-state index is 15.5. The Hall–Kier alpha value is -4.66. The van der Waals surface area contributed by atoms with Gasteiger partial charge in [0.15, 0.2) is 22.5 Å². The minimum absolute atomic E-state index is 0.0405. The minimum atomic E-state index is -1.51. The smallest absolute Gasteiger partial charge is 0.335 e. The highest BCUT2D eigenvalue weighted by molar-refractivity contribution is 7.13. The molecule has 9 nitrogen and oxygen atoms in total. The number of carbonyl (C=O) groups is 1. The molecule has 2 aromatic carbocycles. The predicted octanol–water partition coefficient (Wildman–Crippen LogP) is 6.13. The lowest BCUT2D eigenvalue weighted by atomic mass is 10.0. The van der Waals surface area contributed by atoms with Gasteiger partial charge in [-0.2, -0.15) is 0 Å². The number of carboxylic acid groups (broad SMARTS) is 1. The Morgan fingerprint density at radius 1 is 1.05 bits per heavy atom. The largest absolute Gasteiger partial charge is 0.478 e. The Labute approximate surface area is 249 Å². The zero-order chi connectivity index (χ0) is 31.2. The Morgan fingerprint density at radius 3 is 2.52 bits per heavy atom. The number of imidazole rings is 1. The molecule has 44 heavy (non-hydrogen) atoms. The summed E-state index contributed by atoms with van der Waals surface area (Å²) >= 11 is 1.05. The molecule has 1 aliphatic carbocycles. The molecule has 1 saturated carbocycles. The van der Waals surface area contributed by atoms with Gasteiger partial charge in [0.2, 0.25) is 0 Å². The fourth-order valence-corrected chi connectivity index (χ4v) is 5.35. The molecule has 228 valence electrons. The second-order valence-electron chi connectivity index (χ2n) is 10.4.